The van der Waals surface area contributed by atoms with E-state index in [1.165, 1.54) is 7.11 Å². The van der Waals surface area contributed by atoms with Crippen LogP contribution in [-0.2, 0) is 11.2 Å². The molecule has 0 aliphatic carbocycles. The molecular weight excluding hydrogens is 342 g/mol. The van der Waals surface area contributed by atoms with E-state index in [-0.39, 0.29) is 18.0 Å². The molecule has 2 aromatic rings. The van der Waals surface area contributed by atoms with Gasteiger partial charge in [0.25, 0.3) is 0 Å². The van der Waals surface area contributed by atoms with Crippen LogP contribution in [0.1, 0.15) is 18.4 Å². The van der Waals surface area contributed by atoms with Crippen LogP contribution in [0, 0.1) is 0 Å². The maximum absolute atomic E-state index is 12.6. The van der Waals surface area contributed by atoms with Crippen LogP contribution < -0.4 is 9.47 Å². The van der Waals surface area contributed by atoms with E-state index >= 15 is 0 Å². The van der Waals surface area contributed by atoms with Crippen molar-refractivity contribution in [3.05, 3.63) is 47.1 Å². The number of carbonyl (C=O) groups is 1. The van der Waals surface area contributed by atoms with E-state index in [4.69, 9.17) is 21.1 Å². The smallest absolute Gasteiger partial charge is 0.319 e. The molecule has 132 valence electrons. The first-order valence-corrected chi connectivity index (χ1v) is 8.58. The zero-order valence-electron chi connectivity index (χ0n) is 14.0. The van der Waals surface area contributed by atoms with Gasteiger partial charge in [-0.25, -0.2) is 4.98 Å². The van der Waals surface area contributed by atoms with Crippen molar-refractivity contribution in [2.24, 2.45) is 0 Å². The lowest BCUT2D eigenvalue weighted by Gasteiger charge is -2.32. The van der Waals surface area contributed by atoms with Crippen LogP contribution in [0.5, 0.6) is 11.9 Å². The Bertz CT molecular complexity index is 741. The SMILES string of the molecule is COc1nccc(OC2CCCN(C(=O)Cc3ccccc3Cl)C2)n1. The average molecular weight is 362 g/mol. The third-order valence-corrected chi connectivity index (χ3v) is 4.48. The fraction of sp³-hybridized carbons (Fsp3) is 0.389. The van der Waals surface area contributed by atoms with E-state index in [1.807, 2.05) is 23.1 Å². The summed E-state index contributed by atoms with van der Waals surface area (Å²) in [7, 11) is 1.51. The molecule has 1 fully saturated rings. The van der Waals surface area contributed by atoms with E-state index in [0.29, 0.717) is 23.9 Å². The Morgan fingerprint density at radius 3 is 3.00 bits per heavy atom. The van der Waals surface area contributed by atoms with Crippen molar-refractivity contribution in [1.82, 2.24) is 14.9 Å². The molecule has 1 unspecified atom stereocenters. The summed E-state index contributed by atoms with van der Waals surface area (Å²) in [6.45, 7) is 1.27. The van der Waals surface area contributed by atoms with Gasteiger partial charge in [0.05, 0.1) is 20.1 Å². The number of rotatable bonds is 5. The lowest BCUT2D eigenvalue weighted by Crippen LogP contribution is -2.45. The number of benzene rings is 1. The predicted octanol–water partition coefficient (Wildman–Crippen LogP) is 2.75. The fourth-order valence-corrected chi connectivity index (χ4v) is 3.04. The second kappa shape index (κ2) is 8.16. The van der Waals surface area contributed by atoms with Gasteiger partial charge in [0.15, 0.2) is 0 Å². The molecule has 6 nitrogen and oxygen atoms in total. The zero-order chi connectivity index (χ0) is 17.6. The van der Waals surface area contributed by atoms with Crippen molar-refractivity contribution < 1.29 is 14.3 Å². The first-order chi connectivity index (χ1) is 12.2. The van der Waals surface area contributed by atoms with Crippen LogP contribution in [0.15, 0.2) is 36.5 Å². The van der Waals surface area contributed by atoms with Crippen LogP contribution >= 0.6 is 11.6 Å². The van der Waals surface area contributed by atoms with Crippen LogP contribution in [0.25, 0.3) is 0 Å². The fourth-order valence-electron chi connectivity index (χ4n) is 2.84. The molecule has 0 bridgehead atoms. The van der Waals surface area contributed by atoms with Gasteiger partial charge in [-0.1, -0.05) is 29.8 Å². The summed E-state index contributed by atoms with van der Waals surface area (Å²) < 4.78 is 10.9. The molecular formula is C18H20ClN3O3. The normalized spacial score (nSPS) is 17.2. The second-order valence-electron chi connectivity index (χ2n) is 5.87. The lowest BCUT2D eigenvalue weighted by atomic mass is 10.1. The molecule has 1 amide bonds. The Morgan fingerprint density at radius 1 is 1.36 bits per heavy atom. The predicted molar refractivity (Wildman–Crippen MR) is 94.0 cm³/mol. The minimum Gasteiger partial charge on any atom is -0.472 e. The number of piperidine rings is 1. The molecule has 0 saturated carbocycles. The van der Waals surface area contributed by atoms with Gasteiger partial charge in [-0.15, -0.1) is 0 Å². The Morgan fingerprint density at radius 2 is 2.20 bits per heavy atom. The number of likely N-dealkylation sites (tertiary alicyclic amines) is 1. The van der Waals surface area contributed by atoms with Crippen molar-refractivity contribution in [3.63, 3.8) is 0 Å². The standard InChI is InChI=1S/C18H20ClN3O3/c1-24-18-20-9-8-16(21-18)25-14-6-4-10-22(12-14)17(23)11-13-5-2-3-7-15(13)19/h2-3,5,7-9,14H,4,6,10-12H2,1H3. The lowest BCUT2D eigenvalue weighted by molar-refractivity contribution is -0.133. The number of hydrogen-bond donors (Lipinski definition) is 0. The van der Waals surface area contributed by atoms with Crippen LogP contribution in [0.3, 0.4) is 0 Å². The van der Waals surface area contributed by atoms with Crippen LogP contribution in [0.2, 0.25) is 5.02 Å². The highest BCUT2D eigenvalue weighted by Crippen LogP contribution is 2.20. The summed E-state index contributed by atoms with van der Waals surface area (Å²) in [5.74, 6) is 0.513. The molecule has 0 spiro atoms. The van der Waals surface area contributed by atoms with Crippen molar-refractivity contribution in [1.29, 1.82) is 0 Å². The quantitative estimate of drug-likeness (QED) is 0.819. The van der Waals surface area contributed by atoms with E-state index in [0.717, 1.165) is 24.9 Å². The largest absolute Gasteiger partial charge is 0.472 e. The molecule has 1 saturated heterocycles. The van der Waals surface area contributed by atoms with Crippen molar-refractivity contribution in [2.45, 2.75) is 25.4 Å². The van der Waals surface area contributed by atoms with Crippen LogP contribution in [-0.4, -0.2) is 47.1 Å². The molecule has 1 aromatic heterocycles. The van der Waals surface area contributed by atoms with Gasteiger partial charge >= 0.3 is 6.01 Å². The molecule has 3 rings (SSSR count). The van der Waals surface area contributed by atoms with Gasteiger partial charge in [0, 0.05) is 23.8 Å². The number of amides is 1. The number of hydrogen-bond acceptors (Lipinski definition) is 5. The number of aromatic nitrogens is 2. The van der Waals surface area contributed by atoms with E-state index in [2.05, 4.69) is 9.97 Å². The van der Waals surface area contributed by atoms with E-state index in [9.17, 15) is 4.79 Å². The summed E-state index contributed by atoms with van der Waals surface area (Å²) in [5.41, 5.74) is 0.845. The van der Waals surface area contributed by atoms with Crippen molar-refractivity contribution in [2.75, 3.05) is 20.2 Å². The topological polar surface area (TPSA) is 64.6 Å². The number of ether oxygens (including phenoxy) is 2. The Labute approximate surface area is 151 Å². The van der Waals surface area contributed by atoms with Gasteiger partial charge in [-0.05, 0) is 24.5 Å². The molecule has 25 heavy (non-hydrogen) atoms. The summed E-state index contributed by atoms with van der Waals surface area (Å²) in [6, 6.07) is 9.38. The summed E-state index contributed by atoms with van der Waals surface area (Å²) in [5, 5.41) is 0.619. The molecule has 1 atom stereocenters. The van der Waals surface area contributed by atoms with Crippen molar-refractivity contribution in [3.8, 4) is 11.9 Å². The monoisotopic (exact) mass is 361 g/mol. The Balaban J connectivity index is 1.60. The molecule has 0 radical (unpaired) electrons. The maximum atomic E-state index is 12.6. The minimum atomic E-state index is -0.0939. The molecule has 1 aromatic carbocycles. The van der Waals surface area contributed by atoms with Gasteiger partial charge < -0.3 is 14.4 Å². The second-order valence-corrected chi connectivity index (χ2v) is 6.28. The zero-order valence-corrected chi connectivity index (χ0v) is 14.8. The summed E-state index contributed by atoms with van der Waals surface area (Å²) in [6.07, 6.45) is 3.56. The van der Waals surface area contributed by atoms with Gasteiger partial charge in [-0.2, -0.15) is 4.98 Å². The minimum absolute atomic E-state index is 0.0571. The van der Waals surface area contributed by atoms with E-state index in [1.54, 1.807) is 18.3 Å². The Hall–Kier alpha value is -2.34. The first kappa shape index (κ1) is 17.5. The summed E-state index contributed by atoms with van der Waals surface area (Å²) in [4.78, 5) is 22.5. The van der Waals surface area contributed by atoms with E-state index < -0.39 is 0 Å². The third kappa shape index (κ3) is 4.60. The highest BCUT2D eigenvalue weighted by Gasteiger charge is 2.25. The van der Waals surface area contributed by atoms with Crippen molar-refractivity contribution >= 4 is 17.5 Å². The number of halogens is 1. The number of carbonyl (C=O) groups excluding carboxylic acids is 1. The van der Waals surface area contributed by atoms with Gasteiger partial charge in [-0.3, -0.25) is 4.79 Å². The highest BCUT2D eigenvalue weighted by molar-refractivity contribution is 6.31. The molecule has 1 aliphatic rings. The number of methoxy groups -OCH3 is 1. The molecule has 0 N–H and O–H groups in total. The van der Waals surface area contributed by atoms with Gasteiger partial charge in [0.2, 0.25) is 11.8 Å². The Kier molecular flexibility index (Phi) is 5.71. The number of nitrogens with zero attached hydrogens (tertiary/aromatic N) is 3. The molecule has 2 heterocycles. The molecule has 1 aliphatic heterocycles. The third-order valence-electron chi connectivity index (χ3n) is 4.11. The maximum Gasteiger partial charge on any atom is 0.319 e. The molecule has 7 heteroatoms. The average Bonchev–Trinajstić information content (AvgIpc) is 2.64. The first-order valence-electron chi connectivity index (χ1n) is 8.20. The van der Waals surface area contributed by atoms with Crippen LogP contribution in [0.4, 0.5) is 0 Å². The highest BCUT2D eigenvalue weighted by atomic mass is 35.5. The summed E-state index contributed by atoms with van der Waals surface area (Å²) >= 11 is 6.15. The van der Waals surface area contributed by atoms with Gasteiger partial charge in [0.1, 0.15) is 6.10 Å².